The molecule has 0 aliphatic heterocycles. The van der Waals surface area contributed by atoms with Crippen LogP contribution in [0.1, 0.15) is 0 Å². The summed E-state index contributed by atoms with van der Waals surface area (Å²) in [4.78, 5) is 16.4. The van der Waals surface area contributed by atoms with E-state index in [-0.39, 0.29) is 21.7 Å². The molecule has 0 atom stereocenters. The fourth-order valence-electron chi connectivity index (χ4n) is 2.46. The maximum atomic E-state index is 12.4. The monoisotopic (exact) mass is 471 g/mol. The van der Waals surface area contributed by atoms with Crippen LogP contribution < -0.4 is 5.32 Å². The summed E-state index contributed by atoms with van der Waals surface area (Å²) in [5.74, 6) is 0.487. The topological polar surface area (TPSA) is 81.9 Å². The van der Waals surface area contributed by atoms with Gasteiger partial charge in [0.2, 0.25) is 5.91 Å². The van der Waals surface area contributed by atoms with Crippen molar-refractivity contribution in [2.45, 2.75) is 11.7 Å². The Balaban J connectivity index is 1.73. The van der Waals surface area contributed by atoms with E-state index in [1.165, 1.54) is 23.9 Å². The van der Waals surface area contributed by atoms with E-state index < -0.39 is 0 Å². The Kier molecular flexibility index (Phi) is 7.74. The Labute approximate surface area is 186 Å². The number of nitrogens with zero attached hydrogens (tertiary/aromatic N) is 4. The van der Waals surface area contributed by atoms with Gasteiger partial charge in [0.25, 0.3) is 0 Å². The van der Waals surface area contributed by atoms with Gasteiger partial charge < -0.3 is 10.1 Å². The normalized spacial score (nSPS) is 10.9. The molecule has 7 nitrogen and oxygen atoms in total. The molecular weight excluding hydrogens is 457 g/mol. The smallest absolute Gasteiger partial charge is 0.234 e. The second kappa shape index (κ2) is 10.3. The van der Waals surface area contributed by atoms with Gasteiger partial charge in [0.05, 0.1) is 34.6 Å². The van der Waals surface area contributed by atoms with Gasteiger partial charge in [-0.25, -0.2) is 0 Å². The third-order valence-corrected chi connectivity index (χ3v) is 5.56. The van der Waals surface area contributed by atoms with Crippen molar-refractivity contribution >= 4 is 58.2 Å². The highest BCUT2D eigenvalue weighted by Crippen LogP contribution is 2.34. The lowest BCUT2D eigenvalue weighted by atomic mass is 10.2. The minimum absolute atomic E-state index is 0.0940. The minimum atomic E-state index is -0.284. The number of rotatable bonds is 8. The molecule has 152 valence electrons. The summed E-state index contributed by atoms with van der Waals surface area (Å²) >= 11 is 19.4. The highest BCUT2D eigenvalue weighted by Gasteiger charge is 2.17. The van der Waals surface area contributed by atoms with Crippen LogP contribution in [0.25, 0.3) is 11.4 Å². The van der Waals surface area contributed by atoms with E-state index in [2.05, 4.69) is 20.5 Å². The van der Waals surface area contributed by atoms with Gasteiger partial charge >= 0.3 is 0 Å². The van der Waals surface area contributed by atoms with E-state index in [1.807, 2.05) is 16.7 Å². The van der Waals surface area contributed by atoms with Gasteiger partial charge in [0.15, 0.2) is 11.0 Å². The number of hydrogen-bond acceptors (Lipinski definition) is 6. The van der Waals surface area contributed by atoms with Crippen molar-refractivity contribution < 1.29 is 9.53 Å². The number of carbonyl (C=O) groups excluding carboxylic acids is 1. The second-order valence-corrected chi connectivity index (χ2v) is 7.96. The molecule has 0 unspecified atom stereocenters. The van der Waals surface area contributed by atoms with Crippen molar-refractivity contribution in [2.24, 2.45) is 0 Å². The van der Waals surface area contributed by atoms with Crippen LogP contribution in [0.5, 0.6) is 0 Å². The van der Waals surface area contributed by atoms with Gasteiger partial charge in [0, 0.05) is 30.1 Å². The van der Waals surface area contributed by atoms with Gasteiger partial charge in [-0.05, 0) is 24.3 Å². The lowest BCUT2D eigenvalue weighted by Gasteiger charge is -2.11. The van der Waals surface area contributed by atoms with Crippen LogP contribution in [0.15, 0.2) is 41.8 Å². The predicted molar refractivity (Wildman–Crippen MR) is 116 cm³/mol. The number of amides is 1. The molecule has 0 saturated carbocycles. The lowest BCUT2D eigenvalue weighted by molar-refractivity contribution is -0.113. The number of thioether (sulfide) groups is 1. The van der Waals surface area contributed by atoms with E-state index in [1.54, 1.807) is 19.5 Å². The van der Waals surface area contributed by atoms with Crippen LogP contribution in [0.2, 0.25) is 15.1 Å². The largest absolute Gasteiger partial charge is 0.383 e. The summed E-state index contributed by atoms with van der Waals surface area (Å²) in [5, 5.41) is 12.7. The summed E-state index contributed by atoms with van der Waals surface area (Å²) < 4.78 is 7.09. The van der Waals surface area contributed by atoms with Crippen molar-refractivity contribution in [3.05, 3.63) is 51.7 Å². The van der Waals surface area contributed by atoms with Crippen LogP contribution in [0, 0.1) is 0 Å². The third kappa shape index (κ3) is 5.61. The number of methoxy groups -OCH3 is 1. The first kappa shape index (κ1) is 21.9. The van der Waals surface area contributed by atoms with Crippen LogP contribution in [0.4, 0.5) is 5.69 Å². The van der Waals surface area contributed by atoms with E-state index >= 15 is 0 Å². The molecule has 2 heterocycles. The Morgan fingerprint density at radius 2 is 1.86 bits per heavy atom. The molecule has 1 aromatic carbocycles. The van der Waals surface area contributed by atoms with Crippen LogP contribution in [0.3, 0.4) is 0 Å². The van der Waals surface area contributed by atoms with Crippen molar-refractivity contribution in [2.75, 3.05) is 24.8 Å². The zero-order valence-electron chi connectivity index (χ0n) is 15.2. The maximum Gasteiger partial charge on any atom is 0.234 e. The summed E-state index contributed by atoms with van der Waals surface area (Å²) in [5.41, 5.74) is 1.20. The number of nitrogens with one attached hydrogen (secondary N) is 1. The number of halogens is 3. The van der Waals surface area contributed by atoms with Crippen LogP contribution in [-0.4, -0.2) is 45.1 Å². The highest BCUT2D eigenvalue weighted by molar-refractivity contribution is 7.99. The third-order valence-electron chi connectivity index (χ3n) is 3.78. The van der Waals surface area contributed by atoms with Gasteiger partial charge in [-0.15, -0.1) is 10.2 Å². The molecule has 11 heteroatoms. The van der Waals surface area contributed by atoms with E-state index in [0.29, 0.717) is 34.8 Å². The molecule has 0 aliphatic carbocycles. The molecule has 29 heavy (non-hydrogen) atoms. The SMILES string of the molecule is COCCn1c(SCC(=O)Nc2c(Cl)cc(Cl)cc2Cl)nnc1-c1ccncc1. The summed E-state index contributed by atoms with van der Waals surface area (Å²) in [6.07, 6.45) is 3.37. The Bertz CT molecular complexity index is 977. The summed E-state index contributed by atoms with van der Waals surface area (Å²) in [7, 11) is 1.62. The number of aromatic nitrogens is 4. The molecule has 0 spiro atoms. The number of benzene rings is 1. The van der Waals surface area contributed by atoms with Crippen molar-refractivity contribution in [3.8, 4) is 11.4 Å². The molecule has 3 aromatic rings. The molecular formula is C18H16Cl3N5O2S. The van der Waals surface area contributed by atoms with Crippen molar-refractivity contribution in [1.29, 1.82) is 0 Å². The number of carbonyl (C=O) groups is 1. The van der Waals surface area contributed by atoms with E-state index in [0.717, 1.165) is 5.56 Å². The molecule has 0 bridgehead atoms. The van der Waals surface area contributed by atoms with Crippen molar-refractivity contribution in [1.82, 2.24) is 19.7 Å². The molecule has 0 fully saturated rings. The van der Waals surface area contributed by atoms with Gasteiger partial charge in [0.1, 0.15) is 0 Å². The Hall–Kier alpha value is -1.84. The first-order chi connectivity index (χ1) is 14.0. The summed E-state index contributed by atoms with van der Waals surface area (Å²) in [6.45, 7) is 1.02. The molecule has 0 radical (unpaired) electrons. The van der Waals surface area contributed by atoms with Gasteiger partial charge in [-0.2, -0.15) is 0 Å². The fraction of sp³-hybridized carbons (Fsp3) is 0.222. The van der Waals surface area contributed by atoms with E-state index in [4.69, 9.17) is 39.5 Å². The average Bonchev–Trinajstić information content (AvgIpc) is 3.11. The Morgan fingerprint density at radius 3 is 2.52 bits per heavy atom. The quantitative estimate of drug-likeness (QED) is 0.479. The van der Waals surface area contributed by atoms with Crippen LogP contribution in [-0.2, 0) is 16.1 Å². The number of ether oxygens (including phenoxy) is 1. The summed E-state index contributed by atoms with van der Waals surface area (Å²) in [6, 6.07) is 6.72. The first-order valence-electron chi connectivity index (χ1n) is 8.39. The second-order valence-electron chi connectivity index (χ2n) is 5.77. The molecule has 0 aliphatic rings. The minimum Gasteiger partial charge on any atom is -0.383 e. The van der Waals surface area contributed by atoms with E-state index in [9.17, 15) is 4.79 Å². The maximum absolute atomic E-state index is 12.4. The predicted octanol–water partition coefficient (Wildman–Crippen LogP) is 4.68. The molecule has 1 amide bonds. The number of hydrogen-bond donors (Lipinski definition) is 1. The van der Waals surface area contributed by atoms with Crippen LogP contribution >= 0.6 is 46.6 Å². The fourth-order valence-corrected chi connectivity index (χ4v) is 4.14. The van der Waals surface area contributed by atoms with Gasteiger partial charge in [-0.1, -0.05) is 46.6 Å². The highest BCUT2D eigenvalue weighted by atomic mass is 35.5. The standard InChI is InChI=1S/C18H16Cl3N5O2S/c1-28-7-6-26-17(11-2-4-22-5-3-11)24-25-18(26)29-10-15(27)23-16-13(20)8-12(19)9-14(16)21/h2-5,8-9H,6-7,10H2,1H3,(H,23,27). The zero-order chi connectivity index (χ0) is 20.8. The Morgan fingerprint density at radius 1 is 1.17 bits per heavy atom. The number of anilines is 1. The zero-order valence-corrected chi connectivity index (χ0v) is 18.3. The first-order valence-corrected chi connectivity index (χ1v) is 10.5. The molecule has 0 saturated heterocycles. The molecule has 2 aromatic heterocycles. The molecule has 3 rings (SSSR count). The average molecular weight is 473 g/mol. The number of pyridine rings is 1. The lowest BCUT2D eigenvalue weighted by Crippen LogP contribution is -2.15. The van der Waals surface area contributed by atoms with Gasteiger partial charge in [-0.3, -0.25) is 14.3 Å². The van der Waals surface area contributed by atoms with Crippen molar-refractivity contribution in [3.63, 3.8) is 0 Å². The molecule has 1 N–H and O–H groups in total.